The van der Waals surface area contributed by atoms with Gasteiger partial charge in [-0.15, -0.1) is 0 Å². The number of hydrogen-bond donors (Lipinski definition) is 1. The second-order valence-electron chi connectivity index (χ2n) is 8.42. The number of amidine groups is 1. The predicted octanol–water partition coefficient (Wildman–Crippen LogP) is 6.20. The maximum absolute atomic E-state index is 13.5. The van der Waals surface area contributed by atoms with E-state index in [1.54, 1.807) is 12.1 Å². The molecule has 2 aromatic rings. The van der Waals surface area contributed by atoms with Crippen molar-refractivity contribution in [2.45, 2.75) is 39.0 Å². The monoisotopic (exact) mass is 437 g/mol. The minimum Gasteiger partial charge on any atom is -0.383 e. The summed E-state index contributed by atoms with van der Waals surface area (Å²) in [4.78, 5) is 6.99. The highest BCUT2D eigenvalue weighted by atomic mass is 35.5. The average Bonchev–Trinajstić information content (AvgIpc) is 2.95. The molecule has 162 valence electrons. The molecule has 0 aromatic heterocycles. The van der Waals surface area contributed by atoms with Gasteiger partial charge in [0.2, 0.25) is 0 Å². The molecule has 2 aliphatic rings. The van der Waals surface area contributed by atoms with E-state index in [1.165, 1.54) is 29.0 Å². The van der Waals surface area contributed by atoms with Gasteiger partial charge in [-0.2, -0.15) is 0 Å². The number of allylic oxidation sites excluding steroid dienone is 1. The fourth-order valence-electron chi connectivity index (χ4n) is 4.50. The smallest absolute Gasteiger partial charge is 0.132 e. The van der Waals surface area contributed by atoms with Crippen molar-refractivity contribution in [2.75, 3.05) is 13.1 Å². The summed E-state index contributed by atoms with van der Waals surface area (Å²) in [5.41, 5.74) is 12.1. The number of nitrogens with zero attached hydrogens (tertiary/aromatic N) is 2. The van der Waals surface area contributed by atoms with Crippen LogP contribution in [-0.4, -0.2) is 23.8 Å². The van der Waals surface area contributed by atoms with Crippen LogP contribution in [0.15, 0.2) is 71.0 Å². The van der Waals surface area contributed by atoms with Gasteiger partial charge in [0.15, 0.2) is 0 Å². The zero-order valence-electron chi connectivity index (χ0n) is 18.0. The van der Waals surface area contributed by atoms with Crippen LogP contribution in [0.4, 0.5) is 4.39 Å². The standard InChI is InChI=1S/C26H29ClFN3/c1-2-18-16-24(25(26(29)30-17-18)21-5-9-23(28)10-6-21)31-13-11-20(12-14-31)15-19-3-7-22(27)8-4-19/h3-10,17,20H,2,11-16H2,1H3,(H2,29,30). The Labute approximate surface area is 189 Å². The minimum atomic E-state index is -0.245. The van der Waals surface area contributed by atoms with Crippen LogP contribution >= 0.6 is 11.6 Å². The van der Waals surface area contributed by atoms with E-state index < -0.39 is 0 Å². The topological polar surface area (TPSA) is 41.6 Å². The summed E-state index contributed by atoms with van der Waals surface area (Å²) in [6.07, 6.45) is 7.01. The third-order valence-electron chi connectivity index (χ3n) is 6.35. The first-order chi connectivity index (χ1) is 15.0. The Morgan fingerprint density at radius 3 is 2.39 bits per heavy atom. The largest absolute Gasteiger partial charge is 0.383 e. The van der Waals surface area contributed by atoms with Crippen LogP contribution in [0.1, 0.15) is 43.7 Å². The van der Waals surface area contributed by atoms with E-state index in [9.17, 15) is 4.39 Å². The van der Waals surface area contributed by atoms with Gasteiger partial charge in [-0.05, 0) is 72.6 Å². The summed E-state index contributed by atoms with van der Waals surface area (Å²) in [6.45, 7) is 4.13. The summed E-state index contributed by atoms with van der Waals surface area (Å²) < 4.78 is 13.5. The molecule has 1 fully saturated rings. The fraction of sp³-hybridized carbons (Fsp3) is 0.346. The van der Waals surface area contributed by atoms with Gasteiger partial charge in [0.25, 0.3) is 0 Å². The highest BCUT2D eigenvalue weighted by molar-refractivity contribution is 6.30. The fourth-order valence-corrected chi connectivity index (χ4v) is 4.63. The van der Waals surface area contributed by atoms with Gasteiger partial charge in [0.1, 0.15) is 11.7 Å². The van der Waals surface area contributed by atoms with Gasteiger partial charge in [-0.1, -0.05) is 42.8 Å². The number of piperidine rings is 1. The first-order valence-electron chi connectivity index (χ1n) is 11.0. The Morgan fingerprint density at radius 1 is 1.06 bits per heavy atom. The van der Waals surface area contributed by atoms with E-state index in [-0.39, 0.29) is 5.82 Å². The molecule has 2 heterocycles. The van der Waals surface area contributed by atoms with Crippen molar-refractivity contribution in [1.29, 1.82) is 0 Å². The number of rotatable bonds is 5. The quantitative estimate of drug-likeness (QED) is 0.605. The molecular weight excluding hydrogens is 409 g/mol. The van der Waals surface area contributed by atoms with Gasteiger partial charge < -0.3 is 10.6 Å². The third-order valence-corrected chi connectivity index (χ3v) is 6.60. The molecule has 5 heteroatoms. The normalized spacial score (nSPS) is 18.0. The van der Waals surface area contributed by atoms with E-state index in [0.717, 1.165) is 61.4 Å². The zero-order chi connectivity index (χ0) is 21.8. The molecule has 0 radical (unpaired) electrons. The second kappa shape index (κ2) is 9.69. The van der Waals surface area contributed by atoms with Crippen molar-refractivity contribution < 1.29 is 4.39 Å². The molecule has 1 saturated heterocycles. The summed E-state index contributed by atoms with van der Waals surface area (Å²) >= 11 is 6.02. The first-order valence-corrected chi connectivity index (χ1v) is 11.4. The summed E-state index contributed by atoms with van der Waals surface area (Å²) in [5.74, 6) is 0.920. The van der Waals surface area contributed by atoms with Crippen LogP contribution in [0.25, 0.3) is 5.57 Å². The molecule has 0 unspecified atom stereocenters. The van der Waals surface area contributed by atoms with Crippen molar-refractivity contribution in [3.63, 3.8) is 0 Å². The second-order valence-corrected chi connectivity index (χ2v) is 8.86. The Bertz CT molecular complexity index is 998. The number of halogens is 2. The highest BCUT2D eigenvalue weighted by Gasteiger charge is 2.26. The van der Waals surface area contributed by atoms with Crippen LogP contribution in [0.3, 0.4) is 0 Å². The lowest BCUT2D eigenvalue weighted by atomic mass is 9.88. The molecule has 4 rings (SSSR count). The zero-order valence-corrected chi connectivity index (χ0v) is 18.7. The molecule has 2 aromatic carbocycles. The maximum Gasteiger partial charge on any atom is 0.132 e. The van der Waals surface area contributed by atoms with Gasteiger partial charge in [-0.3, -0.25) is 0 Å². The van der Waals surface area contributed by atoms with E-state index in [0.29, 0.717) is 11.8 Å². The van der Waals surface area contributed by atoms with E-state index >= 15 is 0 Å². The molecule has 0 atom stereocenters. The summed E-state index contributed by atoms with van der Waals surface area (Å²) in [5, 5.41) is 0.784. The molecule has 0 aliphatic carbocycles. The average molecular weight is 438 g/mol. The van der Waals surface area contributed by atoms with Gasteiger partial charge >= 0.3 is 0 Å². The highest BCUT2D eigenvalue weighted by Crippen LogP contribution is 2.33. The van der Waals surface area contributed by atoms with Crippen molar-refractivity contribution >= 4 is 23.0 Å². The Hall–Kier alpha value is -2.59. The number of nitrogens with two attached hydrogens (primary N) is 1. The van der Waals surface area contributed by atoms with Gasteiger partial charge in [0.05, 0.1) is 0 Å². The van der Waals surface area contributed by atoms with E-state index in [2.05, 4.69) is 28.9 Å². The minimum absolute atomic E-state index is 0.245. The lowest BCUT2D eigenvalue weighted by molar-refractivity contribution is 0.223. The predicted molar refractivity (Wildman–Crippen MR) is 127 cm³/mol. The molecule has 0 amide bonds. The lowest BCUT2D eigenvalue weighted by Crippen LogP contribution is -2.35. The third kappa shape index (κ3) is 5.19. The Balaban J connectivity index is 1.56. The van der Waals surface area contributed by atoms with Gasteiger partial charge in [-0.25, -0.2) is 9.38 Å². The molecular formula is C26H29ClFN3. The van der Waals surface area contributed by atoms with Crippen LogP contribution in [0.2, 0.25) is 5.02 Å². The molecule has 0 bridgehead atoms. The maximum atomic E-state index is 13.5. The summed E-state index contributed by atoms with van der Waals surface area (Å²) in [7, 11) is 0. The van der Waals surface area contributed by atoms with Crippen molar-refractivity contribution in [3.8, 4) is 0 Å². The molecule has 3 nitrogen and oxygen atoms in total. The lowest BCUT2D eigenvalue weighted by Gasteiger charge is -2.36. The Kier molecular flexibility index (Phi) is 6.77. The molecule has 2 aliphatic heterocycles. The van der Waals surface area contributed by atoms with Crippen LogP contribution in [0, 0.1) is 11.7 Å². The van der Waals surface area contributed by atoms with E-state index in [1.807, 2.05) is 18.3 Å². The SMILES string of the molecule is CCC1=CN=C(N)C(c2ccc(F)cc2)=C(N2CCC(Cc3ccc(Cl)cc3)CC2)C1. The number of hydrogen-bond acceptors (Lipinski definition) is 3. The molecule has 0 saturated carbocycles. The van der Waals surface area contributed by atoms with E-state index in [4.69, 9.17) is 17.3 Å². The van der Waals surface area contributed by atoms with Crippen molar-refractivity contribution in [1.82, 2.24) is 4.90 Å². The molecule has 31 heavy (non-hydrogen) atoms. The van der Waals surface area contributed by atoms with Crippen molar-refractivity contribution in [3.05, 3.63) is 88.0 Å². The number of benzene rings is 2. The van der Waals surface area contributed by atoms with Gasteiger partial charge in [0, 0.05) is 42.0 Å². The summed E-state index contributed by atoms with van der Waals surface area (Å²) in [6, 6.07) is 14.8. The Morgan fingerprint density at radius 2 is 1.74 bits per heavy atom. The van der Waals surface area contributed by atoms with Crippen LogP contribution < -0.4 is 5.73 Å². The number of aliphatic imine (C=N–C) groups is 1. The number of likely N-dealkylation sites (tertiary alicyclic amines) is 1. The molecule has 2 N–H and O–H groups in total. The first kappa shape index (κ1) is 21.6. The molecule has 0 spiro atoms. The van der Waals surface area contributed by atoms with Crippen LogP contribution in [0.5, 0.6) is 0 Å². The van der Waals surface area contributed by atoms with Crippen LogP contribution in [-0.2, 0) is 6.42 Å². The van der Waals surface area contributed by atoms with Crippen molar-refractivity contribution in [2.24, 2.45) is 16.6 Å².